The van der Waals surface area contributed by atoms with Crippen molar-refractivity contribution < 1.29 is 9.18 Å². The molecule has 2 saturated heterocycles. The van der Waals surface area contributed by atoms with Crippen LogP contribution in [-0.2, 0) is 4.79 Å². The first kappa shape index (κ1) is 18.5. The van der Waals surface area contributed by atoms with E-state index in [2.05, 4.69) is 20.2 Å². The molecule has 28 heavy (non-hydrogen) atoms. The van der Waals surface area contributed by atoms with E-state index in [-0.39, 0.29) is 17.8 Å². The maximum atomic E-state index is 13.8. The number of benzene rings is 1. The quantitative estimate of drug-likeness (QED) is 0.870. The number of aromatic nitrogens is 2. The molecular formula is C20H25FN6O. The Morgan fingerprint density at radius 1 is 1.04 bits per heavy atom. The van der Waals surface area contributed by atoms with E-state index < -0.39 is 0 Å². The van der Waals surface area contributed by atoms with Crippen LogP contribution in [0.25, 0.3) is 0 Å². The van der Waals surface area contributed by atoms with Crippen LogP contribution in [0.15, 0.2) is 36.7 Å². The van der Waals surface area contributed by atoms with Gasteiger partial charge in [0.1, 0.15) is 23.8 Å². The number of carbonyl (C=O) groups excluding carboxylic acids is 1. The number of anilines is 3. The average molecular weight is 384 g/mol. The summed E-state index contributed by atoms with van der Waals surface area (Å²) >= 11 is 0. The number of hydrogen-bond acceptors (Lipinski definition) is 6. The number of likely N-dealkylation sites (N-methyl/N-ethyl adjacent to an activating group) is 1. The summed E-state index contributed by atoms with van der Waals surface area (Å²) < 4.78 is 13.8. The summed E-state index contributed by atoms with van der Waals surface area (Å²) in [6.07, 6.45) is 3.37. The van der Waals surface area contributed by atoms with E-state index in [4.69, 9.17) is 0 Å². The van der Waals surface area contributed by atoms with Gasteiger partial charge in [-0.2, -0.15) is 0 Å². The van der Waals surface area contributed by atoms with Crippen molar-refractivity contribution in [3.63, 3.8) is 0 Å². The van der Waals surface area contributed by atoms with Crippen LogP contribution in [0.3, 0.4) is 0 Å². The van der Waals surface area contributed by atoms with E-state index in [1.807, 2.05) is 24.1 Å². The monoisotopic (exact) mass is 384 g/mol. The Kier molecular flexibility index (Phi) is 5.27. The summed E-state index contributed by atoms with van der Waals surface area (Å²) in [5.74, 6) is 1.55. The molecule has 3 heterocycles. The zero-order valence-corrected chi connectivity index (χ0v) is 16.0. The number of hydrogen-bond donors (Lipinski definition) is 1. The molecule has 1 aromatic carbocycles. The maximum Gasteiger partial charge on any atom is 0.241 e. The fourth-order valence-corrected chi connectivity index (χ4v) is 3.69. The summed E-state index contributed by atoms with van der Waals surface area (Å²) in [5.41, 5.74) is 0.560. The first-order valence-corrected chi connectivity index (χ1v) is 9.67. The van der Waals surface area contributed by atoms with Crippen molar-refractivity contribution in [2.45, 2.75) is 18.9 Å². The van der Waals surface area contributed by atoms with Gasteiger partial charge in [-0.1, -0.05) is 12.1 Å². The zero-order valence-electron chi connectivity index (χ0n) is 16.0. The van der Waals surface area contributed by atoms with Crippen molar-refractivity contribution in [1.29, 1.82) is 0 Å². The molecule has 0 atom stereocenters. The lowest BCUT2D eigenvalue weighted by atomic mass is 10.0. The molecule has 0 radical (unpaired) electrons. The average Bonchev–Trinajstić information content (AvgIpc) is 2.72. The fraction of sp³-hybridized carbons (Fsp3) is 0.450. The number of piperidine rings is 1. The van der Waals surface area contributed by atoms with Gasteiger partial charge in [0.2, 0.25) is 5.91 Å². The highest BCUT2D eigenvalue weighted by Crippen LogP contribution is 2.24. The van der Waals surface area contributed by atoms with Gasteiger partial charge in [0.15, 0.2) is 0 Å². The molecule has 2 fully saturated rings. The van der Waals surface area contributed by atoms with Crippen LogP contribution in [-0.4, -0.2) is 66.6 Å². The van der Waals surface area contributed by atoms with Gasteiger partial charge in [0.25, 0.3) is 0 Å². The Hall–Kier alpha value is -2.90. The molecule has 0 unspecified atom stereocenters. The summed E-state index contributed by atoms with van der Waals surface area (Å²) in [6, 6.07) is 8.99. The third-order valence-electron chi connectivity index (χ3n) is 5.47. The second-order valence-electron chi connectivity index (χ2n) is 7.36. The van der Waals surface area contributed by atoms with E-state index in [1.54, 1.807) is 23.4 Å². The Bertz CT molecular complexity index is 839. The van der Waals surface area contributed by atoms with Crippen molar-refractivity contribution in [2.75, 3.05) is 54.9 Å². The van der Waals surface area contributed by atoms with E-state index >= 15 is 0 Å². The lowest BCUT2D eigenvalue weighted by Gasteiger charge is -2.35. The van der Waals surface area contributed by atoms with Crippen molar-refractivity contribution in [3.8, 4) is 0 Å². The van der Waals surface area contributed by atoms with Crippen LogP contribution in [0.1, 0.15) is 12.8 Å². The van der Waals surface area contributed by atoms with E-state index in [0.29, 0.717) is 18.8 Å². The van der Waals surface area contributed by atoms with Gasteiger partial charge < -0.3 is 20.0 Å². The van der Waals surface area contributed by atoms with Gasteiger partial charge in [0.05, 0.1) is 12.2 Å². The van der Waals surface area contributed by atoms with Crippen LogP contribution in [0.4, 0.5) is 21.7 Å². The first-order chi connectivity index (χ1) is 13.6. The number of halogens is 1. The predicted molar refractivity (Wildman–Crippen MR) is 107 cm³/mol. The molecule has 0 saturated carbocycles. The van der Waals surface area contributed by atoms with Crippen LogP contribution in [0, 0.1) is 5.82 Å². The standard InChI is InChI=1S/C20H25FN6O/c1-25-10-11-27(13-20(25)28)19-12-18(22-14-23-19)26-8-6-15(7-9-26)24-17-5-3-2-4-16(17)21/h2-5,12,14-15,24H,6-11,13H2,1H3. The molecule has 1 amide bonds. The van der Waals surface area contributed by atoms with Crippen molar-refractivity contribution in [1.82, 2.24) is 14.9 Å². The predicted octanol–water partition coefficient (Wildman–Crippen LogP) is 1.97. The molecule has 0 spiro atoms. The Morgan fingerprint density at radius 2 is 1.75 bits per heavy atom. The summed E-state index contributed by atoms with van der Waals surface area (Å²) in [5, 5.41) is 3.31. The van der Waals surface area contributed by atoms with Gasteiger partial charge in [-0.25, -0.2) is 14.4 Å². The number of piperazine rings is 1. The second-order valence-corrected chi connectivity index (χ2v) is 7.36. The molecule has 1 aromatic heterocycles. The fourth-order valence-electron chi connectivity index (χ4n) is 3.69. The third-order valence-corrected chi connectivity index (χ3v) is 5.47. The van der Waals surface area contributed by atoms with Crippen molar-refractivity contribution in [2.24, 2.45) is 0 Å². The molecule has 0 aliphatic carbocycles. The Morgan fingerprint density at radius 3 is 2.46 bits per heavy atom. The number of amides is 1. The Balaban J connectivity index is 1.37. The molecule has 4 rings (SSSR count). The summed E-state index contributed by atoms with van der Waals surface area (Å²) in [6.45, 7) is 3.49. The topological polar surface area (TPSA) is 64.6 Å². The molecular weight excluding hydrogens is 359 g/mol. The molecule has 7 nitrogen and oxygen atoms in total. The lowest BCUT2D eigenvalue weighted by molar-refractivity contribution is -0.129. The third kappa shape index (κ3) is 4.00. The van der Waals surface area contributed by atoms with Gasteiger partial charge in [-0.3, -0.25) is 4.79 Å². The lowest BCUT2D eigenvalue weighted by Crippen LogP contribution is -2.49. The van der Waals surface area contributed by atoms with Crippen molar-refractivity contribution >= 4 is 23.2 Å². The van der Waals surface area contributed by atoms with E-state index in [9.17, 15) is 9.18 Å². The highest BCUT2D eigenvalue weighted by Gasteiger charge is 2.24. The molecule has 148 valence electrons. The highest BCUT2D eigenvalue weighted by atomic mass is 19.1. The number of para-hydroxylation sites is 1. The summed E-state index contributed by atoms with van der Waals surface area (Å²) in [4.78, 5) is 26.7. The van der Waals surface area contributed by atoms with Crippen LogP contribution >= 0.6 is 0 Å². The summed E-state index contributed by atoms with van der Waals surface area (Å²) in [7, 11) is 1.82. The number of rotatable bonds is 4. The highest BCUT2D eigenvalue weighted by molar-refractivity contribution is 5.82. The van der Waals surface area contributed by atoms with E-state index in [1.165, 1.54) is 6.07 Å². The molecule has 2 aromatic rings. The molecule has 1 N–H and O–H groups in total. The van der Waals surface area contributed by atoms with Gasteiger partial charge in [-0.15, -0.1) is 0 Å². The second kappa shape index (κ2) is 8.00. The molecule has 2 aliphatic rings. The maximum absolute atomic E-state index is 13.8. The van der Waals surface area contributed by atoms with Crippen LogP contribution in [0.5, 0.6) is 0 Å². The minimum atomic E-state index is -0.216. The van der Waals surface area contributed by atoms with Gasteiger partial charge in [0, 0.05) is 45.3 Å². The minimum Gasteiger partial charge on any atom is -0.380 e. The molecule has 8 heteroatoms. The smallest absolute Gasteiger partial charge is 0.241 e. The first-order valence-electron chi connectivity index (χ1n) is 9.67. The van der Waals surface area contributed by atoms with E-state index in [0.717, 1.165) is 44.1 Å². The van der Waals surface area contributed by atoms with Crippen LogP contribution < -0.4 is 15.1 Å². The number of nitrogens with one attached hydrogen (secondary N) is 1. The van der Waals surface area contributed by atoms with Crippen LogP contribution in [0.2, 0.25) is 0 Å². The van der Waals surface area contributed by atoms with Gasteiger partial charge >= 0.3 is 0 Å². The van der Waals surface area contributed by atoms with Gasteiger partial charge in [-0.05, 0) is 25.0 Å². The molecule has 0 bridgehead atoms. The zero-order chi connectivity index (χ0) is 19.5. The minimum absolute atomic E-state index is 0.103. The Labute approximate surface area is 164 Å². The number of nitrogens with zero attached hydrogens (tertiary/aromatic N) is 5. The largest absolute Gasteiger partial charge is 0.380 e. The normalized spacial score (nSPS) is 18.5. The molecule has 2 aliphatic heterocycles. The van der Waals surface area contributed by atoms with Crippen molar-refractivity contribution in [3.05, 3.63) is 42.5 Å². The SMILES string of the molecule is CN1CCN(c2cc(N3CCC(Nc4ccccc4F)CC3)ncn2)CC1=O. The number of carbonyl (C=O) groups is 1.